The van der Waals surface area contributed by atoms with Crippen molar-refractivity contribution in [1.82, 2.24) is 20.2 Å². The Labute approximate surface area is 182 Å². The number of aryl methyl sites for hydroxylation is 1. The lowest BCUT2D eigenvalue weighted by Crippen LogP contribution is -2.48. The molecule has 6 nitrogen and oxygen atoms in total. The minimum atomic E-state index is 0.461. The number of hydrogen-bond donors (Lipinski definition) is 2. The summed E-state index contributed by atoms with van der Waals surface area (Å²) in [6, 6.07) is 13.5. The normalized spacial score (nSPS) is 15.4. The van der Waals surface area contributed by atoms with Gasteiger partial charge < -0.3 is 20.1 Å². The number of benzene rings is 1. The number of nitrogens with zero attached hydrogens (tertiary/aromatic N) is 4. The Morgan fingerprint density at radius 2 is 2.03 bits per heavy atom. The molecule has 0 radical (unpaired) electrons. The zero-order chi connectivity index (χ0) is 20.8. The Bertz CT molecular complexity index is 954. The van der Waals surface area contributed by atoms with Gasteiger partial charge in [-0.15, -0.1) is 11.3 Å². The highest BCUT2D eigenvalue weighted by Crippen LogP contribution is 2.24. The van der Waals surface area contributed by atoms with Crippen molar-refractivity contribution in [2.24, 2.45) is 4.99 Å². The zero-order valence-corrected chi connectivity index (χ0v) is 18.5. The van der Waals surface area contributed by atoms with E-state index in [2.05, 4.69) is 71.9 Å². The highest BCUT2D eigenvalue weighted by Gasteiger charge is 2.20. The first-order chi connectivity index (χ1) is 14.7. The number of hydrogen-bond acceptors (Lipinski definition) is 4. The number of imidazole rings is 1. The molecule has 3 heterocycles. The maximum Gasteiger partial charge on any atom is 0.191 e. The van der Waals surface area contributed by atoms with Crippen molar-refractivity contribution in [2.45, 2.75) is 38.9 Å². The maximum atomic E-state index is 4.43. The van der Waals surface area contributed by atoms with Gasteiger partial charge in [-0.1, -0.05) is 24.3 Å². The number of piperidine rings is 1. The lowest BCUT2D eigenvalue weighted by Gasteiger charge is -2.33. The van der Waals surface area contributed by atoms with Crippen LogP contribution in [0.25, 0.3) is 0 Å². The SMILES string of the molecule is CN=C(NCc1cccc(Cn2ccnc2C)c1)NC1CCN(c2cccs2)CC1. The van der Waals surface area contributed by atoms with Gasteiger partial charge in [0.1, 0.15) is 5.82 Å². The molecule has 2 N–H and O–H groups in total. The van der Waals surface area contributed by atoms with Crippen LogP contribution in [0.4, 0.5) is 5.00 Å². The molecule has 1 fully saturated rings. The summed E-state index contributed by atoms with van der Waals surface area (Å²) in [4.78, 5) is 11.2. The van der Waals surface area contributed by atoms with E-state index in [1.54, 1.807) is 0 Å². The van der Waals surface area contributed by atoms with Gasteiger partial charge >= 0.3 is 0 Å². The third kappa shape index (κ3) is 5.21. The molecular formula is C23H30N6S. The summed E-state index contributed by atoms with van der Waals surface area (Å²) in [6.07, 6.45) is 6.12. The van der Waals surface area contributed by atoms with Crippen LogP contribution in [0.5, 0.6) is 0 Å². The van der Waals surface area contributed by atoms with Gasteiger partial charge in [0.25, 0.3) is 0 Å². The second-order valence-electron chi connectivity index (χ2n) is 7.71. The molecule has 0 amide bonds. The quantitative estimate of drug-likeness (QED) is 0.470. The molecule has 0 unspecified atom stereocenters. The maximum absolute atomic E-state index is 4.43. The average molecular weight is 423 g/mol. The monoisotopic (exact) mass is 422 g/mol. The summed E-state index contributed by atoms with van der Waals surface area (Å²) in [5.74, 6) is 1.91. The van der Waals surface area contributed by atoms with E-state index in [-0.39, 0.29) is 0 Å². The molecule has 1 aliphatic heterocycles. The van der Waals surface area contributed by atoms with E-state index in [4.69, 9.17) is 0 Å². The fourth-order valence-corrected chi connectivity index (χ4v) is 4.66. The minimum Gasteiger partial charge on any atom is -0.363 e. The Kier molecular flexibility index (Phi) is 6.69. The molecule has 0 saturated carbocycles. The van der Waals surface area contributed by atoms with Gasteiger partial charge in [0.15, 0.2) is 5.96 Å². The number of rotatable bonds is 6. The van der Waals surface area contributed by atoms with Crippen molar-refractivity contribution >= 4 is 22.3 Å². The fourth-order valence-electron chi connectivity index (χ4n) is 3.87. The van der Waals surface area contributed by atoms with Crippen LogP contribution in [0.3, 0.4) is 0 Å². The first kappa shape index (κ1) is 20.5. The summed E-state index contributed by atoms with van der Waals surface area (Å²) in [6.45, 7) is 5.81. The van der Waals surface area contributed by atoms with Crippen LogP contribution < -0.4 is 15.5 Å². The summed E-state index contributed by atoms with van der Waals surface area (Å²) < 4.78 is 2.16. The molecule has 158 valence electrons. The molecule has 1 saturated heterocycles. The van der Waals surface area contributed by atoms with E-state index >= 15 is 0 Å². The first-order valence-corrected chi connectivity index (χ1v) is 11.4. The molecule has 0 aliphatic carbocycles. The zero-order valence-electron chi connectivity index (χ0n) is 17.7. The molecular weight excluding hydrogens is 392 g/mol. The number of aromatic nitrogens is 2. The number of guanidine groups is 1. The largest absolute Gasteiger partial charge is 0.363 e. The Hall–Kier alpha value is -2.80. The van der Waals surface area contributed by atoms with Crippen molar-refractivity contribution in [2.75, 3.05) is 25.0 Å². The lowest BCUT2D eigenvalue weighted by molar-refractivity contribution is 0.463. The Morgan fingerprint density at radius 1 is 1.20 bits per heavy atom. The standard InChI is InChI=1S/C23H30N6S/c1-18-25-10-13-29(18)17-20-6-3-5-19(15-20)16-26-23(24-2)27-21-8-11-28(12-9-21)22-7-4-14-30-22/h3-7,10,13-15,21H,8-9,11-12,16-17H2,1-2H3,(H2,24,26,27). The molecule has 7 heteroatoms. The van der Waals surface area contributed by atoms with E-state index in [1.165, 1.54) is 16.1 Å². The van der Waals surface area contributed by atoms with Crippen molar-refractivity contribution in [3.05, 3.63) is 71.1 Å². The summed E-state index contributed by atoms with van der Waals surface area (Å²) in [5, 5.41) is 10.6. The van der Waals surface area contributed by atoms with Gasteiger partial charge in [0, 0.05) is 51.7 Å². The molecule has 0 atom stereocenters. The molecule has 0 bridgehead atoms. The van der Waals surface area contributed by atoms with Gasteiger partial charge in [-0.3, -0.25) is 4.99 Å². The van der Waals surface area contributed by atoms with Crippen LogP contribution in [0.15, 0.2) is 59.2 Å². The van der Waals surface area contributed by atoms with Gasteiger partial charge in [0.2, 0.25) is 0 Å². The molecule has 1 aliphatic rings. The predicted octanol–water partition coefficient (Wildman–Crippen LogP) is 3.64. The highest BCUT2D eigenvalue weighted by molar-refractivity contribution is 7.14. The fraction of sp³-hybridized carbons (Fsp3) is 0.391. The van der Waals surface area contributed by atoms with Crippen LogP contribution >= 0.6 is 11.3 Å². The number of thiophene rings is 1. The Morgan fingerprint density at radius 3 is 2.73 bits per heavy atom. The third-order valence-corrected chi connectivity index (χ3v) is 6.53. The van der Waals surface area contributed by atoms with E-state index < -0.39 is 0 Å². The second kappa shape index (κ2) is 9.80. The van der Waals surface area contributed by atoms with Gasteiger partial charge in [-0.05, 0) is 48.4 Å². The molecule has 2 aromatic heterocycles. The molecule has 0 spiro atoms. The molecule has 4 rings (SSSR count). The van der Waals surface area contributed by atoms with Crippen molar-refractivity contribution in [3.63, 3.8) is 0 Å². The van der Waals surface area contributed by atoms with Gasteiger partial charge in [-0.25, -0.2) is 4.98 Å². The summed E-state index contributed by atoms with van der Waals surface area (Å²) in [5.41, 5.74) is 2.53. The Balaban J connectivity index is 1.27. The van der Waals surface area contributed by atoms with E-state index in [9.17, 15) is 0 Å². The predicted molar refractivity (Wildman–Crippen MR) is 125 cm³/mol. The minimum absolute atomic E-state index is 0.461. The van der Waals surface area contributed by atoms with Crippen LogP contribution in [0, 0.1) is 6.92 Å². The van der Waals surface area contributed by atoms with Crippen molar-refractivity contribution in [1.29, 1.82) is 0 Å². The van der Waals surface area contributed by atoms with Crippen molar-refractivity contribution in [3.8, 4) is 0 Å². The number of aliphatic imine (C=N–C) groups is 1. The smallest absolute Gasteiger partial charge is 0.191 e. The van der Waals surface area contributed by atoms with Gasteiger partial charge in [-0.2, -0.15) is 0 Å². The average Bonchev–Trinajstić information content (AvgIpc) is 3.44. The van der Waals surface area contributed by atoms with E-state index in [1.807, 2.05) is 37.7 Å². The first-order valence-electron chi connectivity index (χ1n) is 10.5. The molecule has 3 aromatic rings. The summed E-state index contributed by atoms with van der Waals surface area (Å²) >= 11 is 1.82. The molecule has 1 aromatic carbocycles. The number of nitrogens with one attached hydrogen (secondary N) is 2. The van der Waals surface area contributed by atoms with Crippen LogP contribution in [0.2, 0.25) is 0 Å². The van der Waals surface area contributed by atoms with Crippen LogP contribution in [-0.4, -0.2) is 41.7 Å². The van der Waals surface area contributed by atoms with E-state index in [0.717, 1.165) is 50.8 Å². The van der Waals surface area contributed by atoms with E-state index in [0.29, 0.717) is 6.04 Å². The second-order valence-corrected chi connectivity index (χ2v) is 8.63. The van der Waals surface area contributed by atoms with Crippen LogP contribution in [0.1, 0.15) is 29.8 Å². The third-order valence-electron chi connectivity index (χ3n) is 5.61. The molecule has 30 heavy (non-hydrogen) atoms. The lowest BCUT2D eigenvalue weighted by atomic mass is 10.1. The summed E-state index contributed by atoms with van der Waals surface area (Å²) in [7, 11) is 1.84. The number of anilines is 1. The topological polar surface area (TPSA) is 57.5 Å². The van der Waals surface area contributed by atoms with Crippen molar-refractivity contribution < 1.29 is 0 Å². The van der Waals surface area contributed by atoms with Crippen LogP contribution in [-0.2, 0) is 13.1 Å². The van der Waals surface area contributed by atoms with Gasteiger partial charge in [0.05, 0.1) is 5.00 Å². The highest BCUT2D eigenvalue weighted by atomic mass is 32.1.